The van der Waals surface area contributed by atoms with Crippen LogP contribution in [0.1, 0.15) is 17.4 Å². The third-order valence-corrected chi connectivity index (χ3v) is 4.63. The number of hydrogen-bond acceptors (Lipinski definition) is 6. The Morgan fingerprint density at radius 2 is 1.91 bits per heavy atom. The van der Waals surface area contributed by atoms with E-state index in [0.29, 0.717) is 18.1 Å². The summed E-state index contributed by atoms with van der Waals surface area (Å²) in [6, 6.07) is 11.8. The van der Waals surface area contributed by atoms with Crippen molar-refractivity contribution in [3.05, 3.63) is 66.1 Å². The van der Waals surface area contributed by atoms with Crippen molar-refractivity contribution in [1.29, 1.82) is 0 Å². The van der Waals surface area contributed by atoms with E-state index in [1.165, 1.54) is 4.88 Å². The molecule has 3 aromatic heterocycles. The second-order valence-corrected chi connectivity index (χ2v) is 6.13. The number of oxime groups is 1. The molecule has 6 heteroatoms. The van der Waals surface area contributed by atoms with E-state index < -0.39 is 0 Å². The molecule has 4 rings (SSSR count). The molecule has 0 N–H and O–H groups in total. The Labute approximate surface area is 137 Å². The zero-order chi connectivity index (χ0) is 15.5. The van der Waals surface area contributed by atoms with Gasteiger partial charge in [-0.1, -0.05) is 11.2 Å². The third-order valence-electron chi connectivity index (χ3n) is 3.40. The minimum Gasteiger partial charge on any atom is -0.438 e. The number of ether oxygens (including phenoxy) is 1. The van der Waals surface area contributed by atoms with Gasteiger partial charge in [-0.2, -0.15) is 0 Å². The lowest BCUT2D eigenvalue weighted by Gasteiger charge is -2.05. The van der Waals surface area contributed by atoms with Crippen molar-refractivity contribution in [2.45, 2.75) is 12.5 Å². The lowest BCUT2D eigenvalue weighted by molar-refractivity contribution is 0.0881. The van der Waals surface area contributed by atoms with Crippen LogP contribution in [-0.2, 0) is 4.84 Å². The van der Waals surface area contributed by atoms with Crippen LogP contribution in [0, 0.1) is 0 Å². The van der Waals surface area contributed by atoms with Crippen molar-refractivity contribution in [2.24, 2.45) is 5.16 Å². The maximum Gasteiger partial charge on any atom is 0.235 e. The summed E-state index contributed by atoms with van der Waals surface area (Å²) in [5.74, 6) is 1.23. The summed E-state index contributed by atoms with van der Waals surface area (Å²) >= 11 is 1.69. The van der Waals surface area contributed by atoms with Crippen LogP contribution in [0.15, 0.2) is 66.3 Å². The SMILES string of the molecule is c1cncc(OC2=NO[C@@H](c3ccc(-c4cccnc4)s3)C2)c1. The van der Waals surface area contributed by atoms with Crippen molar-refractivity contribution in [3.8, 4) is 16.2 Å². The number of nitrogens with zero attached hydrogens (tertiary/aromatic N) is 3. The van der Waals surface area contributed by atoms with Gasteiger partial charge in [0.1, 0.15) is 5.75 Å². The summed E-state index contributed by atoms with van der Waals surface area (Å²) in [5, 5.41) is 4.03. The molecule has 1 atom stereocenters. The van der Waals surface area contributed by atoms with Gasteiger partial charge in [0.15, 0.2) is 6.10 Å². The Balaban J connectivity index is 1.44. The van der Waals surface area contributed by atoms with Crippen LogP contribution in [0.25, 0.3) is 10.4 Å². The zero-order valence-electron chi connectivity index (χ0n) is 12.1. The molecule has 0 aliphatic carbocycles. The summed E-state index contributed by atoms with van der Waals surface area (Å²) in [4.78, 5) is 16.0. The number of pyridine rings is 2. The second-order valence-electron chi connectivity index (χ2n) is 5.02. The standard InChI is InChI=1S/C17H13N3O2S/c1-3-12(10-18-7-1)15-5-6-16(23-15)14-9-17(20-22-14)21-13-4-2-8-19-11-13/h1-8,10-11,14H,9H2/t14-/m1/s1. The van der Waals surface area contributed by atoms with Gasteiger partial charge in [-0.3, -0.25) is 9.97 Å². The fourth-order valence-corrected chi connectivity index (χ4v) is 3.32. The highest BCUT2D eigenvalue weighted by molar-refractivity contribution is 7.15. The first-order chi connectivity index (χ1) is 11.4. The summed E-state index contributed by atoms with van der Waals surface area (Å²) in [6.07, 6.45) is 7.50. The van der Waals surface area contributed by atoms with Crippen LogP contribution in [0.5, 0.6) is 5.75 Å². The Morgan fingerprint density at radius 1 is 1.04 bits per heavy atom. The second kappa shape index (κ2) is 6.18. The Kier molecular flexibility index (Phi) is 3.73. The third kappa shape index (κ3) is 3.07. The molecular weight excluding hydrogens is 310 g/mol. The topological polar surface area (TPSA) is 56.6 Å². The largest absolute Gasteiger partial charge is 0.438 e. The molecule has 0 saturated carbocycles. The average molecular weight is 323 g/mol. The molecule has 0 spiro atoms. The van der Waals surface area contributed by atoms with Gasteiger partial charge >= 0.3 is 0 Å². The summed E-state index contributed by atoms with van der Waals surface area (Å²) in [6.45, 7) is 0. The molecule has 4 heterocycles. The summed E-state index contributed by atoms with van der Waals surface area (Å²) < 4.78 is 5.68. The molecule has 0 saturated heterocycles. The zero-order valence-corrected chi connectivity index (χ0v) is 12.9. The first-order valence-corrected chi connectivity index (χ1v) is 8.01. The van der Waals surface area contributed by atoms with Gasteiger partial charge < -0.3 is 9.57 Å². The van der Waals surface area contributed by atoms with E-state index in [1.54, 1.807) is 29.9 Å². The molecule has 5 nitrogen and oxygen atoms in total. The number of thiophene rings is 1. The number of aromatic nitrogens is 2. The number of rotatable bonds is 3. The monoisotopic (exact) mass is 323 g/mol. The fourth-order valence-electron chi connectivity index (χ4n) is 2.30. The van der Waals surface area contributed by atoms with Gasteiger partial charge in [-0.25, -0.2) is 0 Å². The highest BCUT2D eigenvalue weighted by atomic mass is 32.1. The van der Waals surface area contributed by atoms with E-state index in [9.17, 15) is 0 Å². The smallest absolute Gasteiger partial charge is 0.235 e. The molecule has 1 aliphatic rings. The predicted molar refractivity (Wildman–Crippen MR) is 88.3 cm³/mol. The van der Waals surface area contributed by atoms with E-state index in [-0.39, 0.29) is 6.10 Å². The first kappa shape index (κ1) is 13.9. The van der Waals surface area contributed by atoms with E-state index in [4.69, 9.17) is 9.57 Å². The van der Waals surface area contributed by atoms with Crippen LogP contribution in [0.4, 0.5) is 0 Å². The molecule has 23 heavy (non-hydrogen) atoms. The average Bonchev–Trinajstić information content (AvgIpc) is 3.26. The number of hydrogen-bond donors (Lipinski definition) is 0. The van der Waals surface area contributed by atoms with Gasteiger partial charge in [0.05, 0.1) is 12.6 Å². The molecule has 0 fully saturated rings. The van der Waals surface area contributed by atoms with Gasteiger partial charge in [0.2, 0.25) is 5.90 Å². The normalized spacial score (nSPS) is 16.7. The van der Waals surface area contributed by atoms with Gasteiger partial charge in [-0.15, -0.1) is 11.3 Å². The van der Waals surface area contributed by atoms with Gasteiger partial charge in [0, 0.05) is 33.9 Å². The lowest BCUT2D eigenvalue weighted by Crippen LogP contribution is -2.06. The molecular formula is C17H13N3O2S. The molecule has 0 unspecified atom stereocenters. The molecule has 3 aromatic rings. The van der Waals surface area contributed by atoms with Crippen molar-refractivity contribution in [1.82, 2.24) is 9.97 Å². The predicted octanol–water partition coefficient (Wildman–Crippen LogP) is 4.06. The van der Waals surface area contributed by atoms with Crippen molar-refractivity contribution in [2.75, 3.05) is 0 Å². The van der Waals surface area contributed by atoms with E-state index in [0.717, 1.165) is 10.4 Å². The van der Waals surface area contributed by atoms with Crippen LogP contribution >= 0.6 is 11.3 Å². The maximum absolute atomic E-state index is 5.68. The summed E-state index contributed by atoms with van der Waals surface area (Å²) in [5.41, 5.74) is 1.11. The van der Waals surface area contributed by atoms with E-state index in [2.05, 4.69) is 27.3 Å². The lowest BCUT2D eigenvalue weighted by atomic mass is 10.2. The highest BCUT2D eigenvalue weighted by Crippen LogP contribution is 2.36. The van der Waals surface area contributed by atoms with Crippen molar-refractivity contribution >= 4 is 17.2 Å². The Morgan fingerprint density at radius 3 is 2.70 bits per heavy atom. The van der Waals surface area contributed by atoms with Gasteiger partial charge in [0.25, 0.3) is 0 Å². The van der Waals surface area contributed by atoms with Crippen LogP contribution < -0.4 is 4.74 Å². The molecule has 0 radical (unpaired) electrons. The molecule has 0 aromatic carbocycles. The fraction of sp³-hybridized carbons (Fsp3) is 0.118. The minimum atomic E-state index is -0.0999. The van der Waals surface area contributed by atoms with E-state index in [1.807, 2.05) is 30.5 Å². The molecule has 114 valence electrons. The highest BCUT2D eigenvalue weighted by Gasteiger charge is 2.26. The first-order valence-electron chi connectivity index (χ1n) is 7.19. The van der Waals surface area contributed by atoms with Gasteiger partial charge in [-0.05, 0) is 30.3 Å². The molecule has 0 amide bonds. The van der Waals surface area contributed by atoms with Crippen molar-refractivity contribution in [3.63, 3.8) is 0 Å². The molecule has 0 bridgehead atoms. The molecule has 1 aliphatic heterocycles. The Hall–Kier alpha value is -2.73. The van der Waals surface area contributed by atoms with E-state index >= 15 is 0 Å². The quantitative estimate of drug-likeness (QED) is 0.729. The Bertz CT molecular complexity index is 818. The summed E-state index contributed by atoms with van der Waals surface area (Å²) in [7, 11) is 0. The minimum absolute atomic E-state index is 0.0999. The van der Waals surface area contributed by atoms with Crippen LogP contribution in [0.2, 0.25) is 0 Å². The van der Waals surface area contributed by atoms with Crippen LogP contribution in [0.3, 0.4) is 0 Å². The maximum atomic E-state index is 5.68. The van der Waals surface area contributed by atoms with Crippen molar-refractivity contribution < 1.29 is 9.57 Å². The van der Waals surface area contributed by atoms with Crippen LogP contribution in [-0.4, -0.2) is 15.9 Å².